The lowest BCUT2D eigenvalue weighted by molar-refractivity contribution is 0.668. The summed E-state index contributed by atoms with van der Waals surface area (Å²) >= 11 is 0. The zero-order chi connectivity index (χ0) is 37.7. The third kappa shape index (κ3) is 5.70. The summed E-state index contributed by atoms with van der Waals surface area (Å²) in [5.74, 6) is 1.65. The van der Waals surface area contributed by atoms with Crippen molar-refractivity contribution in [2.75, 3.05) is 4.90 Å². The van der Waals surface area contributed by atoms with E-state index in [4.69, 9.17) is 23.8 Å². The number of anilines is 3. The molecule has 6 heteroatoms. The van der Waals surface area contributed by atoms with E-state index >= 15 is 0 Å². The summed E-state index contributed by atoms with van der Waals surface area (Å²) in [6.07, 6.45) is 0. The minimum atomic E-state index is 0.535. The number of furan rings is 2. The van der Waals surface area contributed by atoms with Gasteiger partial charge in [0, 0.05) is 44.0 Å². The first-order valence-corrected chi connectivity index (χ1v) is 18.9. The van der Waals surface area contributed by atoms with Crippen LogP contribution in [0.4, 0.5) is 17.1 Å². The zero-order valence-electron chi connectivity index (χ0n) is 30.6. The van der Waals surface area contributed by atoms with Crippen LogP contribution in [-0.2, 0) is 0 Å². The van der Waals surface area contributed by atoms with Gasteiger partial charge in [-0.1, -0.05) is 140 Å². The SMILES string of the molecule is c1ccc(-c2ccc(N(c3ccccc3)c3cccc4c3oc3cc(-c5nc(-c6ccccc6)nc(-c6cccc7c6oc6ccccc67)n5)ccc34)cc2)cc1. The average Bonchev–Trinajstić information content (AvgIpc) is 3.86. The van der Waals surface area contributed by atoms with E-state index in [-0.39, 0.29) is 0 Å². The topological polar surface area (TPSA) is 68.2 Å². The molecule has 11 aromatic rings. The van der Waals surface area contributed by atoms with Gasteiger partial charge in [0.05, 0.1) is 11.3 Å². The van der Waals surface area contributed by atoms with Crippen molar-refractivity contribution in [3.63, 3.8) is 0 Å². The summed E-state index contributed by atoms with van der Waals surface area (Å²) < 4.78 is 13.3. The minimum Gasteiger partial charge on any atom is -0.455 e. The molecule has 0 bridgehead atoms. The van der Waals surface area contributed by atoms with Gasteiger partial charge in [-0.3, -0.25) is 0 Å². The van der Waals surface area contributed by atoms with Gasteiger partial charge in [0.2, 0.25) is 0 Å². The number of para-hydroxylation sites is 4. The molecular weight excluding hydrogens is 701 g/mol. The van der Waals surface area contributed by atoms with Crippen molar-refractivity contribution in [2.45, 2.75) is 0 Å². The van der Waals surface area contributed by atoms with Crippen molar-refractivity contribution in [1.82, 2.24) is 15.0 Å². The van der Waals surface area contributed by atoms with Crippen LogP contribution in [0.25, 0.3) is 89.2 Å². The molecule has 3 heterocycles. The summed E-state index contributed by atoms with van der Waals surface area (Å²) in [5.41, 5.74) is 11.0. The lowest BCUT2D eigenvalue weighted by Gasteiger charge is -2.25. The normalized spacial score (nSPS) is 11.5. The molecule has 0 aliphatic carbocycles. The van der Waals surface area contributed by atoms with E-state index in [2.05, 4.69) is 120 Å². The zero-order valence-corrected chi connectivity index (χ0v) is 30.6. The number of hydrogen-bond acceptors (Lipinski definition) is 6. The van der Waals surface area contributed by atoms with Crippen LogP contribution in [0.5, 0.6) is 0 Å². The van der Waals surface area contributed by atoms with Crippen molar-refractivity contribution < 1.29 is 8.83 Å². The highest BCUT2D eigenvalue weighted by Gasteiger charge is 2.21. The fourth-order valence-corrected chi connectivity index (χ4v) is 7.80. The van der Waals surface area contributed by atoms with E-state index in [0.29, 0.717) is 17.5 Å². The molecule has 3 aromatic heterocycles. The lowest BCUT2D eigenvalue weighted by atomic mass is 10.0. The highest BCUT2D eigenvalue weighted by Crippen LogP contribution is 2.43. The second kappa shape index (κ2) is 13.5. The van der Waals surface area contributed by atoms with E-state index in [1.165, 1.54) is 5.56 Å². The Morgan fingerprint density at radius 3 is 1.63 bits per heavy atom. The molecule has 0 N–H and O–H groups in total. The maximum absolute atomic E-state index is 6.86. The van der Waals surface area contributed by atoms with Crippen molar-refractivity contribution in [3.05, 3.63) is 194 Å². The lowest BCUT2D eigenvalue weighted by Crippen LogP contribution is -2.10. The van der Waals surface area contributed by atoms with Crippen LogP contribution in [0.1, 0.15) is 0 Å². The van der Waals surface area contributed by atoms with Gasteiger partial charge in [0.15, 0.2) is 23.1 Å². The first-order valence-electron chi connectivity index (χ1n) is 18.9. The Kier molecular flexibility index (Phi) is 7.71. The number of nitrogens with zero attached hydrogens (tertiary/aromatic N) is 4. The van der Waals surface area contributed by atoms with Crippen LogP contribution in [0, 0.1) is 0 Å². The Labute approximate surface area is 328 Å². The molecule has 0 saturated heterocycles. The minimum absolute atomic E-state index is 0.535. The van der Waals surface area contributed by atoms with Gasteiger partial charge in [0.1, 0.15) is 16.7 Å². The quantitative estimate of drug-likeness (QED) is 0.162. The predicted octanol–water partition coefficient (Wildman–Crippen LogP) is 13.8. The molecule has 0 atom stereocenters. The summed E-state index contributed by atoms with van der Waals surface area (Å²) in [7, 11) is 0. The molecule has 0 amide bonds. The molecule has 11 rings (SSSR count). The van der Waals surface area contributed by atoms with Crippen molar-refractivity contribution in [3.8, 4) is 45.3 Å². The molecular formula is C51H32N4O2. The molecule has 0 aliphatic rings. The van der Waals surface area contributed by atoms with Gasteiger partial charge in [0.25, 0.3) is 0 Å². The molecule has 0 spiro atoms. The second-order valence-corrected chi connectivity index (χ2v) is 14.0. The van der Waals surface area contributed by atoms with Gasteiger partial charge in [-0.25, -0.2) is 15.0 Å². The van der Waals surface area contributed by atoms with Crippen LogP contribution in [0.3, 0.4) is 0 Å². The number of rotatable bonds is 7. The number of hydrogen-bond donors (Lipinski definition) is 0. The molecule has 57 heavy (non-hydrogen) atoms. The van der Waals surface area contributed by atoms with Gasteiger partial charge >= 0.3 is 0 Å². The van der Waals surface area contributed by atoms with Crippen LogP contribution in [-0.4, -0.2) is 15.0 Å². The number of aromatic nitrogens is 3. The molecule has 6 nitrogen and oxygen atoms in total. The van der Waals surface area contributed by atoms with E-state index in [1.54, 1.807) is 0 Å². The monoisotopic (exact) mass is 732 g/mol. The first kappa shape index (κ1) is 32.6. The van der Waals surface area contributed by atoms with Gasteiger partial charge < -0.3 is 13.7 Å². The maximum atomic E-state index is 6.86. The van der Waals surface area contributed by atoms with Gasteiger partial charge in [-0.15, -0.1) is 0 Å². The van der Waals surface area contributed by atoms with Crippen LogP contribution in [0.15, 0.2) is 203 Å². The molecule has 0 fully saturated rings. The Morgan fingerprint density at radius 2 is 0.860 bits per heavy atom. The standard InChI is InChI=1S/C51H32N4O2/c1-4-14-33(15-5-1)34-26-29-38(30-27-34)55(37-18-8-3-9-19-37)44-24-13-22-42-40-31-28-36(32-46(40)57-48(42)44)50-52-49(35-16-6-2-7-17-35)53-51(54-50)43-23-12-21-41-39-20-10-11-25-45(39)56-47(41)43/h1-32H. The number of fused-ring (bicyclic) bond motifs is 6. The maximum Gasteiger partial charge on any atom is 0.167 e. The Balaban J connectivity index is 1.06. The van der Waals surface area contributed by atoms with Gasteiger partial charge in [-0.2, -0.15) is 0 Å². The Bertz CT molecular complexity index is 3230. The molecule has 268 valence electrons. The van der Waals surface area contributed by atoms with E-state index in [1.807, 2.05) is 78.9 Å². The molecule has 0 radical (unpaired) electrons. The first-order chi connectivity index (χ1) is 28.2. The fraction of sp³-hybridized carbons (Fsp3) is 0. The number of benzene rings is 8. The summed E-state index contributed by atoms with van der Waals surface area (Å²) in [6, 6.07) is 66.3. The van der Waals surface area contributed by atoms with E-state index in [9.17, 15) is 0 Å². The second-order valence-electron chi connectivity index (χ2n) is 14.0. The third-order valence-electron chi connectivity index (χ3n) is 10.5. The highest BCUT2D eigenvalue weighted by molar-refractivity contribution is 6.11. The summed E-state index contributed by atoms with van der Waals surface area (Å²) in [6.45, 7) is 0. The molecule has 0 saturated carbocycles. The van der Waals surface area contributed by atoms with Crippen molar-refractivity contribution in [1.29, 1.82) is 0 Å². The molecule has 8 aromatic carbocycles. The highest BCUT2D eigenvalue weighted by atomic mass is 16.3. The van der Waals surface area contributed by atoms with Gasteiger partial charge in [-0.05, 0) is 65.7 Å². The van der Waals surface area contributed by atoms with Crippen molar-refractivity contribution >= 4 is 60.9 Å². The van der Waals surface area contributed by atoms with Crippen LogP contribution in [0.2, 0.25) is 0 Å². The van der Waals surface area contributed by atoms with Crippen LogP contribution < -0.4 is 4.90 Å². The van der Waals surface area contributed by atoms with Crippen LogP contribution >= 0.6 is 0 Å². The van der Waals surface area contributed by atoms with Crippen molar-refractivity contribution in [2.24, 2.45) is 0 Å². The van der Waals surface area contributed by atoms with E-state index in [0.717, 1.165) is 83.2 Å². The largest absolute Gasteiger partial charge is 0.455 e. The smallest absolute Gasteiger partial charge is 0.167 e. The summed E-state index contributed by atoms with van der Waals surface area (Å²) in [5, 5.41) is 4.10. The molecule has 0 unspecified atom stereocenters. The Morgan fingerprint density at radius 1 is 0.333 bits per heavy atom. The summed E-state index contributed by atoms with van der Waals surface area (Å²) in [4.78, 5) is 17.4. The average molecular weight is 733 g/mol. The molecule has 0 aliphatic heterocycles. The van der Waals surface area contributed by atoms with E-state index < -0.39 is 0 Å². The Hall–Kier alpha value is -7.83. The predicted molar refractivity (Wildman–Crippen MR) is 231 cm³/mol. The third-order valence-corrected chi connectivity index (χ3v) is 10.5. The fourth-order valence-electron chi connectivity index (χ4n) is 7.80.